The van der Waals surface area contributed by atoms with E-state index in [1.807, 2.05) is 30.1 Å². The summed E-state index contributed by atoms with van der Waals surface area (Å²) in [6.45, 7) is 6.98. The minimum Gasteiger partial charge on any atom is -0.339 e. The van der Waals surface area contributed by atoms with Crippen molar-refractivity contribution in [3.05, 3.63) is 35.9 Å². The molecule has 2 N–H and O–H groups in total. The summed E-state index contributed by atoms with van der Waals surface area (Å²) in [4.78, 5) is 14.2. The van der Waals surface area contributed by atoms with Crippen LogP contribution in [-0.4, -0.2) is 24.4 Å². The molecule has 0 fully saturated rings. The third-order valence-electron chi connectivity index (χ3n) is 3.86. The third kappa shape index (κ3) is 4.97. The van der Waals surface area contributed by atoms with Crippen molar-refractivity contribution >= 4 is 5.91 Å². The molecule has 0 aliphatic heterocycles. The average molecular weight is 276 g/mol. The molecule has 0 radical (unpaired) electrons. The Morgan fingerprint density at radius 3 is 2.30 bits per heavy atom. The highest BCUT2D eigenvalue weighted by molar-refractivity contribution is 5.76. The second kappa shape index (κ2) is 8.05. The number of rotatable bonds is 7. The van der Waals surface area contributed by atoms with Crippen LogP contribution in [-0.2, 0) is 4.79 Å². The molecule has 112 valence electrons. The molecule has 1 amide bonds. The molecular formula is C17H28N2O. The van der Waals surface area contributed by atoms with Crippen molar-refractivity contribution in [1.82, 2.24) is 4.90 Å². The predicted octanol–water partition coefficient (Wildman–Crippen LogP) is 3.22. The lowest BCUT2D eigenvalue weighted by Gasteiger charge is -2.27. The van der Waals surface area contributed by atoms with Gasteiger partial charge in [-0.15, -0.1) is 0 Å². The van der Waals surface area contributed by atoms with Crippen LogP contribution in [0.1, 0.15) is 45.2 Å². The predicted molar refractivity (Wildman–Crippen MR) is 84.2 cm³/mol. The van der Waals surface area contributed by atoms with Gasteiger partial charge in [-0.05, 0) is 37.3 Å². The van der Waals surface area contributed by atoms with Crippen LogP contribution in [0.4, 0.5) is 0 Å². The molecule has 0 bridgehead atoms. The maximum Gasteiger partial charge on any atom is 0.223 e. The number of hydrogen-bond donors (Lipinski definition) is 1. The molecule has 0 saturated carbocycles. The van der Waals surface area contributed by atoms with Gasteiger partial charge in [0.1, 0.15) is 0 Å². The van der Waals surface area contributed by atoms with Gasteiger partial charge in [-0.25, -0.2) is 0 Å². The molecule has 2 unspecified atom stereocenters. The Bertz CT molecular complexity index is 403. The quantitative estimate of drug-likeness (QED) is 0.831. The van der Waals surface area contributed by atoms with E-state index in [9.17, 15) is 4.79 Å². The van der Waals surface area contributed by atoms with Gasteiger partial charge in [0.15, 0.2) is 0 Å². The lowest BCUT2D eigenvalue weighted by atomic mass is 9.93. The van der Waals surface area contributed by atoms with E-state index >= 15 is 0 Å². The molecular weight excluding hydrogens is 248 g/mol. The Kier molecular flexibility index (Phi) is 6.73. The van der Waals surface area contributed by atoms with Crippen molar-refractivity contribution in [1.29, 1.82) is 0 Å². The van der Waals surface area contributed by atoms with E-state index in [1.165, 1.54) is 0 Å². The number of hydrogen-bond acceptors (Lipinski definition) is 2. The number of benzene rings is 1. The largest absolute Gasteiger partial charge is 0.339 e. The van der Waals surface area contributed by atoms with E-state index in [1.54, 1.807) is 0 Å². The first-order valence-electron chi connectivity index (χ1n) is 7.46. The monoisotopic (exact) mass is 276 g/mol. The van der Waals surface area contributed by atoms with Crippen LogP contribution >= 0.6 is 0 Å². The summed E-state index contributed by atoms with van der Waals surface area (Å²) in [5, 5.41) is 0. The fourth-order valence-electron chi connectivity index (χ4n) is 2.49. The van der Waals surface area contributed by atoms with Crippen LogP contribution in [0.5, 0.6) is 0 Å². The minimum atomic E-state index is 0.0983. The SMILES string of the molecule is CC(C)CC(CN)CC(=O)N(C)C(C)c1ccccc1. The lowest BCUT2D eigenvalue weighted by molar-refractivity contribution is -0.132. The molecule has 1 aromatic carbocycles. The first kappa shape index (κ1) is 16.7. The summed E-state index contributed by atoms with van der Waals surface area (Å²) in [6.07, 6.45) is 1.55. The Balaban J connectivity index is 2.62. The smallest absolute Gasteiger partial charge is 0.223 e. The van der Waals surface area contributed by atoms with Crippen molar-refractivity contribution < 1.29 is 4.79 Å². The van der Waals surface area contributed by atoms with Crippen LogP contribution in [0.15, 0.2) is 30.3 Å². The van der Waals surface area contributed by atoms with E-state index in [-0.39, 0.29) is 17.9 Å². The third-order valence-corrected chi connectivity index (χ3v) is 3.86. The molecule has 3 nitrogen and oxygen atoms in total. The molecule has 20 heavy (non-hydrogen) atoms. The molecule has 1 aromatic rings. The summed E-state index contributed by atoms with van der Waals surface area (Å²) in [7, 11) is 1.88. The van der Waals surface area contributed by atoms with E-state index in [4.69, 9.17) is 5.73 Å². The molecule has 1 rings (SSSR count). The zero-order valence-electron chi connectivity index (χ0n) is 13.2. The van der Waals surface area contributed by atoms with E-state index in [0.29, 0.717) is 18.9 Å². The highest BCUT2D eigenvalue weighted by Crippen LogP contribution is 2.21. The van der Waals surface area contributed by atoms with Gasteiger partial charge in [0.2, 0.25) is 5.91 Å². The molecule has 0 aliphatic carbocycles. The van der Waals surface area contributed by atoms with Crippen molar-refractivity contribution in [2.24, 2.45) is 17.6 Å². The average Bonchev–Trinajstić information content (AvgIpc) is 2.45. The van der Waals surface area contributed by atoms with Gasteiger partial charge in [-0.2, -0.15) is 0 Å². The number of amides is 1. The lowest BCUT2D eigenvalue weighted by Crippen LogP contribution is -2.32. The molecule has 3 heteroatoms. The van der Waals surface area contributed by atoms with Crippen LogP contribution in [0.25, 0.3) is 0 Å². The Morgan fingerprint density at radius 1 is 1.20 bits per heavy atom. The van der Waals surface area contributed by atoms with Gasteiger partial charge in [-0.3, -0.25) is 4.79 Å². The van der Waals surface area contributed by atoms with Crippen LogP contribution < -0.4 is 5.73 Å². The Morgan fingerprint density at radius 2 is 1.80 bits per heavy atom. The maximum absolute atomic E-state index is 12.4. The van der Waals surface area contributed by atoms with Gasteiger partial charge in [-0.1, -0.05) is 44.2 Å². The van der Waals surface area contributed by atoms with Crippen LogP contribution in [0, 0.1) is 11.8 Å². The summed E-state index contributed by atoms with van der Waals surface area (Å²) in [5.41, 5.74) is 6.95. The number of carbonyl (C=O) groups excluding carboxylic acids is 1. The van der Waals surface area contributed by atoms with Crippen molar-refractivity contribution in [3.63, 3.8) is 0 Å². The van der Waals surface area contributed by atoms with Gasteiger partial charge < -0.3 is 10.6 Å². The first-order chi connectivity index (χ1) is 9.45. The first-order valence-corrected chi connectivity index (χ1v) is 7.46. The standard InChI is InChI=1S/C17H28N2O/c1-13(2)10-15(12-18)11-17(20)19(4)14(3)16-8-6-5-7-9-16/h5-9,13-15H,10-12,18H2,1-4H3. The molecule has 0 aromatic heterocycles. The Hall–Kier alpha value is -1.35. The number of nitrogens with zero attached hydrogens (tertiary/aromatic N) is 1. The highest BCUT2D eigenvalue weighted by Gasteiger charge is 2.21. The highest BCUT2D eigenvalue weighted by atomic mass is 16.2. The van der Waals surface area contributed by atoms with Gasteiger partial charge >= 0.3 is 0 Å². The van der Waals surface area contributed by atoms with Crippen LogP contribution in [0.2, 0.25) is 0 Å². The topological polar surface area (TPSA) is 46.3 Å². The fourth-order valence-corrected chi connectivity index (χ4v) is 2.49. The molecule has 2 atom stereocenters. The molecule has 0 aliphatic rings. The number of carbonyl (C=O) groups is 1. The second-order valence-corrected chi connectivity index (χ2v) is 6.03. The Labute approximate surface area is 123 Å². The zero-order valence-corrected chi connectivity index (χ0v) is 13.2. The minimum absolute atomic E-state index is 0.0983. The molecule has 0 spiro atoms. The van der Waals surface area contributed by atoms with Gasteiger partial charge in [0.05, 0.1) is 6.04 Å². The second-order valence-electron chi connectivity index (χ2n) is 6.03. The van der Waals surface area contributed by atoms with Gasteiger partial charge in [0, 0.05) is 13.5 Å². The maximum atomic E-state index is 12.4. The van der Waals surface area contributed by atoms with Gasteiger partial charge in [0.25, 0.3) is 0 Å². The molecule has 0 saturated heterocycles. The molecule has 0 heterocycles. The summed E-state index contributed by atoms with van der Waals surface area (Å²) < 4.78 is 0. The van der Waals surface area contributed by atoms with Crippen molar-refractivity contribution in [3.8, 4) is 0 Å². The van der Waals surface area contributed by atoms with Crippen molar-refractivity contribution in [2.75, 3.05) is 13.6 Å². The van der Waals surface area contributed by atoms with E-state index in [0.717, 1.165) is 12.0 Å². The van der Waals surface area contributed by atoms with E-state index in [2.05, 4.69) is 32.9 Å². The van der Waals surface area contributed by atoms with Crippen LogP contribution in [0.3, 0.4) is 0 Å². The zero-order chi connectivity index (χ0) is 15.1. The number of nitrogens with two attached hydrogens (primary N) is 1. The van der Waals surface area contributed by atoms with E-state index < -0.39 is 0 Å². The normalized spacial score (nSPS) is 14.1. The summed E-state index contributed by atoms with van der Waals surface area (Å²) in [6, 6.07) is 10.2. The summed E-state index contributed by atoms with van der Waals surface area (Å²) in [5.74, 6) is 1.04. The fraction of sp³-hybridized carbons (Fsp3) is 0.588. The summed E-state index contributed by atoms with van der Waals surface area (Å²) >= 11 is 0. The van der Waals surface area contributed by atoms with Crippen molar-refractivity contribution in [2.45, 2.75) is 39.7 Å².